The van der Waals surface area contributed by atoms with Crippen molar-refractivity contribution in [2.45, 2.75) is 33.4 Å². The first-order chi connectivity index (χ1) is 23.1. The number of methoxy groups -OCH3 is 1. The lowest BCUT2D eigenvalue weighted by atomic mass is 9.96. The summed E-state index contributed by atoms with van der Waals surface area (Å²) in [5.74, 6) is -2.16. The minimum atomic E-state index is -1.16. The number of hydrogen-bond acceptors (Lipinski definition) is 10. The van der Waals surface area contributed by atoms with Crippen LogP contribution in [0.5, 0.6) is 11.5 Å². The predicted molar refractivity (Wildman–Crippen MR) is 181 cm³/mol. The summed E-state index contributed by atoms with van der Waals surface area (Å²) in [4.78, 5) is 51.1. The summed E-state index contributed by atoms with van der Waals surface area (Å²) in [6, 6.07) is 17.2. The van der Waals surface area contributed by atoms with Gasteiger partial charge in [0.05, 0.1) is 30.1 Å². The fourth-order valence-electron chi connectivity index (χ4n) is 5.60. The van der Waals surface area contributed by atoms with Gasteiger partial charge in [0.25, 0.3) is 5.78 Å². The molecule has 0 bridgehead atoms. The van der Waals surface area contributed by atoms with Crippen molar-refractivity contribution in [3.05, 3.63) is 124 Å². The monoisotopic (exact) mass is 664 g/mol. The van der Waals surface area contributed by atoms with E-state index < -0.39 is 29.5 Å². The molecule has 5 aromatic rings. The van der Waals surface area contributed by atoms with E-state index in [-0.39, 0.29) is 34.5 Å². The Kier molecular flexibility index (Phi) is 8.83. The van der Waals surface area contributed by atoms with Crippen LogP contribution in [0.1, 0.15) is 49.5 Å². The van der Waals surface area contributed by atoms with Crippen LogP contribution in [0.4, 0.5) is 5.13 Å². The quantitative estimate of drug-likeness (QED) is 0.0603. The second kappa shape index (κ2) is 13.2. The normalized spacial score (nSPS) is 15.6. The van der Waals surface area contributed by atoms with Crippen LogP contribution < -0.4 is 14.4 Å². The summed E-state index contributed by atoms with van der Waals surface area (Å²) < 4.78 is 18.8. The predicted octanol–water partition coefficient (Wildman–Crippen LogP) is 6.27. The van der Waals surface area contributed by atoms with E-state index in [1.165, 1.54) is 18.1 Å². The number of pyridine rings is 1. The third-order valence-electron chi connectivity index (χ3n) is 8.00. The number of hydrogen-bond donors (Lipinski definition) is 1. The van der Waals surface area contributed by atoms with Crippen LogP contribution in [0.2, 0.25) is 0 Å². The van der Waals surface area contributed by atoms with Crippen molar-refractivity contribution in [1.82, 2.24) is 14.4 Å². The van der Waals surface area contributed by atoms with Crippen molar-refractivity contribution in [3.8, 4) is 11.5 Å². The van der Waals surface area contributed by atoms with Gasteiger partial charge in [-0.25, -0.2) is 14.8 Å². The zero-order valence-electron chi connectivity index (χ0n) is 26.7. The number of fused-ring (bicyclic) bond motifs is 1. The van der Waals surface area contributed by atoms with Gasteiger partial charge in [0.2, 0.25) is 0 Å². The Morgan fingerprint density at radius 1 is 1.04 bits per heavy atom. The van der Waals surface area contributed by atoms with E-state index >= 15 is 0 Å². The molecule has 0 spiro atoms. The fourth-order valence-corrected chi connectivity index (χ4v) is 6.59. The molecular formula is C36H32N4O7S. The number of ether oxygens (including phenoxy) is 3. The van der Waals surface area contributed by atoms with Gasteiger partial charge in [-0.3, -0.25) is 14.5 Å². The largest absolute Gasteiger partial charge is 0.505 e. The molecule has 0 saturated carbocycles. The maximum Gasteiger partial charge on any atom is 0.350 e. The highest BCUT2D eigenvalue weighted by Crippen LogP contribution is 2.46. The number of amides is 1. The number of aromatic nitrogens is 3. The van der Waals surface area contributed by atoms with Crippen molar-refractivity contribution < 1.29 is 33.7 Å². The Balaban J connectivity index is 1.50. The first kappa shape index (κ1) is 32.2. The molecule has 1 aliphatic heterocycles. The molecule has 1 fully saturated rings. The van der Waals surface area contributed by atoms with Crippen LogP contribution in [0.3, 0.4) is 0 Å². The summed E-state index contributed by atoms with van der Waals surface area (Å²) in [5, 5.41) is 11.9. The number of nitrogens with zero attached hydrogens (tertiary/aromatic N) is 4. The summed E-state index contributed by atoms with van der Waals surface area (Å²) in [7, 11) is 1.49. The molecule has 1 atom stereocenters. The molecule has 2 aromatic carbocycles. The van der Waals surface area contributed by atoms with Crippen LogP contribution in [0, 0.1) is 20.8 Å². The summed E-state index contributed by atoms with van der Waals surface area (Å²) in [6.07, 6.45) is 3.25. The molecule has 4 heterocycles. The first-order valence-electron chi connectivity index (χ1n) is 15.0. The van der Waals surface area contributed by atoms with Crippen molar-refractivity contribution in [1.29, 1.82) is 0 Å². The zero-order chi connectivity index (χ0) is 34.1. The molecule has 1 unspecified atom stereocenters. The van der Waals surface area contributed by atoms with E-state index in [0.717, 1.165) is 22.5 Å². The minimum Gasteiger partial charge on any atom is -0.505 e. The minimum absolute atomic E-state index is 0.00759. The zero-order valence-corrected chi connectivity index (χ0v) is 27.5. The van der Waals surface area contributed by atoms with Gasteiger partial charge in [0.15, 0.2) is 22.4 Å². The van der Waals surface area contributed by atoms with Crippen LogP contribution in [-0.2, 0) is 20.9 Å². The van der Waals surface area contributed by atoms with Crippen LogP contribution in [0.15, 0.2) is 85.1 Å². The third-order valence-corrected chi connectivity index (χ3v) is 9.14. The van der Waals surface area contributed by atoms with Gasteiger partial charge in [0, 0.05) is 6.20 Å². The number of thiazole rings is 1. The van der Waals surface area contributed by atoms with E-state index in [1.54, 1.807) is 32.0 Å². The second-order valence-corrected chi connectivity index (χ2v) is 12.1. The molecule has 1 N–H and O–H groups in total. The lowest BCUT2D eigenvalue weighted by Crippen LogP contribution is -2.29. The number of Topliss-reactive ketones (excluding diaryl/α,β-unsaturated/α-hetero) is 1. The molecule has 244 valence electrons. The molecule has 12 heteroatoms. The number of benzene rings is 2. The van der Waals surface area contributed by atoms with Gasteiger partial charge < -0.3 is 23.7 Å². The molecule has 1 aliphatic rings. The van der Waals surface area contributed by atoms with Crippen LogP contribution >= 0.6 is 11.3 Å². The standard InChI is InChI=1S/C36H32N4O7S/c1-6-17-46-35(44)32-21(3)37-36(48-32)40-29(24-14-15-25(26(18-24)45-5)47-19-23-12-8-7-9-13-23)27(31(42)34(40)43)30(41)28-22(4)39-16-10-11-20(2)33(39)38-28/h6-16,18,29,41H,1,17,19H2,2-5H3/b30-27+. The highest BCUT2D eigenvalue weighted by atomic mass is 32.1. The number of aliphatic hydroxyl groups is 1. The maximum absolute atomic E-state index is 13.9. The van der Waals surface area contributed by atoms with Gasteiger partial charge in [0.1, 0.15) is 29.4 Å². The van der Waals surface area contributed by atoms with Gasteiger partial charge in [-0.05, 0) is 55.7 Å². The SMILES string of the molecule is C=CCOC(=O)c1sc(N2C(=O)C(=O)/C(=C(/O)c3nc4c(C)cccn4c3C)C2c2ccc(OCc3ccccc3)c(OC)c2)nc1C. The number of carbonyl (C=O) groups is 3. The highest BCUT2D eigenvalue weighted by Gasteiger charge is 2.49. The molecule has 0 aliphatic carbocycles. The van der Waals surface area contributed by atoms with Gasteiger partial charge in [-0.15, -0.1) is 0 Å². The molecule has 6 rings (SSSR count). The van der Waals surface area contributed by atoms with Crippen LogP contribution in [-0.4, -0.2) is 50.9 Å². The number of rotatable bonds is 10. The summed E-state index contributed by atoms with van der Waals surface area (Å²) in [6.45, 7) is 9.11. The molecular weight excluding hydrogens is 632 g/mol. The fraction of sp³-hybridized carbons (Fsp3) is 0.194. The van der Waals surface area contributed by atoms with Crippen molar-refractivity contribution in [2.24, 2.45) is 0 Å². The Hall–Kier alpha value is -5.75. The van der Waals surface area contributed by atoms with E-state index in [9.17, 15) is 19.5 Å². The molecule has 3 aromatic heterocycles. The van der Waals surface area contributed by atoms with Gasteiger partial charge in [-0.2, -0.15) is 0 Å². The van der Waals surface area contributed by atoms with Crippen molar-refractivity contribution in [2.75, 3.05) is 18.6 Å². The Morgan fingerprint density at radius 3 is 2.52 bits per heavy atom. The number of ketones is 1. The number of aryl methyl sites for hydroxylation is 3. The molecule has 11 nitrogen and oxygen atoms in total. The molecule has 1 amide bonds. The van der Waals surface area contributed by atoms with Gasteiger partial charge >= 0.3 is 11.9 Å². The van der Waals surface area contributed by atoms with Gasteiger partial charge in [-0.1, -0.05) is 66.5 Å². The Bertz CT molecular complexity index is 2120. The molecule has 48 heavy (non-hydrogen) atoms. The first-order valence-corrected chi connectivity index (χ1v) is 15.8. The third kappa shape index (κ3) is 5.71. The number of esters is 1. The van der Waals surface area contributed by atoms with E-state index in [2.05, 4.69) is 16.5 Å². The van der Waals surface area contributed by atoms with E-state index in [1.807, 2.05) is 60.0 Å². The lowest BCUT2D eigenvalue weighted by Gasteiger charge is -2.24. The summed E-state index contributed by atoms with van der Waals surface area (Å²) >= 11 is 0.910. The summed E-state index contributed by atoms with van der Waals surface area (Å²) in [5.41, 5.74) is 3.72. The Labute approximate surface area is 280 Å². The smallest absolute Gasteiger partial charge is 0.350 e. The topological polar surface area (TPSA) is 133 Å². The second-order valence-electron chi connectivity index (χ2n) is 11.1. The number of aliphatic hydroxyl groups excluding tert-OH is 1. The maximum atomic E-state index is 13.9. The van der Waals surface area contributed by atoms with Crippen LogP contribution in [0.25, 0.3) is 11.4 Å². The highest BCUT2D eigenvalue weighted by molar-refractivity contribution is 7.17. The lowest BCUT2D eigenvalue weighted by molar-refractivity contribution is -0.132. The number of imidazole rings is 1. The van der Waals surface area contributed by atoms with E-state index in [4.69, 9.17) is 14.2 Å². The Morgan fingerprint density at radius 2 is 1.81 bits per heavy atom. The molecule has 0 radical (unpaired) electrons. The number of anilines is 1. The van der Waals surface area contributed by atoms with Crippen molar-refractivity contribution in [3.63, 3.8) is 0 Å². The van der Waals surface area contributed by atoms with E-state index in [0.29, 0.717) is 34.1 Å². The number of carbonyl (C=O) groups excluding carboxylic acids is 3. The average Bonchev–Trinajstić information content (AvgIpc) is 3.73. The average molecular weight is 665 g/mol. The van der Waals surface area contributed by atoms with Crippen molar-refractivity contribution >= 4 is 45.5 Å². The molecule has 1 saturated heterocycles.